The summed E-state index contributed by atoms with van der Waals surface area (Å²) in [5.74, 6) is -1.06. The van der Waals surface area contributed by atoms with Gasteiger partial charge in [0.1, 0.15) is 12.1 Å². The molecule has 0 fully saturated rings. The Balaban J connectivity index is 2.44. The number of rotatable bonds is 4. The Kier molecular flexibility index (Phi) is 3.96. The second-order valence-corrected chi connectivity index (χ2v) is 4.98. The number of hydrogen-bond donors (Lipinski definition) is 2. The van der Waals surface area contributed by atoms with Gasteiger partial charge in [0.25, 0.3) is 0 Å². The van der Waals surface area contributed by atoms with E-state index in [0.29, 0.717) is 16.7 Å². The number of carbonyl (C=O) groups is 1. The topological polar surface area (TPSA) is 98.2 Å². The predicted molar refractivity (Wildman–Crippen MR) is 71.3 cm³/mol. The van der Waals surface area contributed by atoms with Crippen LogP contribution in [0.15, 0.2) is 29.0 Å². The zero-order chi connectivity index (χ0) is 14.0. The van der Waals surface area contributed by atoms with Crippen LogP contribution in [-0.2, 0) is 4.79 Å². The quantitative estimate of drug-likeness (QED) is 0.839. The van der Waals surface area contributed by atoms with Gasteiger partial charge in [0.2, 0.25) is 0 Å². The zero-order valence-electron chi connectivity index (χ0n) is 10.0. The van der Waals surface area contributed by atoms with Gasteiger partial charge in [-0.2, -0.15) is 0 Å². The first-order valence-corrected chi connectivity index (χ1v) is 6.34. The Labute approximate surface area is 117 Å². The first-order valence-electron chi connectivity index (χ1n) is 5.55. The highest BCUT2D eigenvalue weighted by molar-refractivity contribution is 9.10. The Hall–Kier alpha value is -1.73. The van der Waals surface area contributed by atoms with Gasteiger partial charge in [-0.05, 0) is 25.1 Å². The largest absolute Gasteiger partial charge is 0.548 e. The van der Waals surface area contributed by atoms with Gasteiger partial charge in [0, 0.05) is 9.86 Å². The number of carboxylic acids is 1. The number of nitrogens with one attached hydrogen (secondary N) is 1. The van der Waals surface area contributed by atoms with Crippen molar-refractivity contribution in [3.63, 3.8) is 0 Å². The lowest BCUT2D eigenvalue weighted by molar-refractivity contribution is -0.308. The van der Waals surface area contributed by atoms with Gasteiger partial charge >= 0.3 is 0 Å². The van der Waals surface area contributed by atoms with Crippen molar-refractivity contribution in [1.29, 1.82) is 0 Å². The van der Waals surface area contributed by atoms with Crippen LogP contribution in [0, 0.1) is 0 Å². The Bertz CT molecular complexity index is 618. The maximum atomic E-state index is 11.0. The Morgan fingerprint density at radius 2 is 2.21 bits per heavy atom. The molecule has 2 unspecified atom stereocenters. The molecule has 2 rings (SSSR count). The molecule has 19 heavy (non-hydrogen) atoms. The number of aliphatic hydroxyl groups is 1. The van der Waals surface area contributed by atoms with Crippen molar-refractivity contribution in [1.82, 2.24) is 9.97 Å². The molecule has 0 radical (unpaired) electrons. The standard InChI is InChI=1S/C12H12BrN3O3/c1-6(17)10(12(18)19)16-11-8-4-7(13)2-3-9(8)14-5-15-11/h2-6,10,17H,1H3,(H,18,19)(H,14,15,16)/p-1. The van der Waals surface area contributed by atoms with Gasteiger partial charge in [-0.3, -0.25) is 0 Å². The summed E-state index contributed by atoms with van der Waals surface area (Å²) >= 11 is 3.33. The van der Waals surface area contributed by atoms with Crippen LogP contribution in [0.25, 0.3) is 10.9 Å². The van der Waals surface area contributed by atoms with E-state index < -0.39 is 18.1 Å². The molecule has 1 aromatic carbocycles. The van der Waals surface area contributed by atoms with Crippen LogP contribution >= 0.6 is 15.9 Å². The Morgan fingerprint density at radius 1 is 1.47 bits per heavy atom. The van der Waals surface area contributed by atoms with Gasteiger partial charge < -0.3 is 20.3 Å². The molecule has 0 saturated heterocycles. The Morgan fingerprint density at radius 3 is 2.84 bits per heavy atom. The third kappa shape index (κ3) is 2.99. The number of carbonyl (C=O) groups excluding carboxylic acids is 1. The molecule has 6 nitrogen and oxygen atoms in total. The number of aromatic nitrogens is 2. The second-order valence-electron chi connectivity index (χ2n) is 4.07. The fourth-order valence-corrected chi connectivity index (χ4v) is 2.03. The zero-order valence-corrected chi connectivity index (χ0v) is 11.6. The molecule has 100 valence electrons. The van der Waals surface area contributed by atoms with Crippen molar-refractivity contribution in [2.75, 3.05) is 5.32 Å². The average Bonchev–Trinajstić information content (AvgIpc) is 2.35. The molecule has 2 N–H and O–H groups in total. The van der Waals surface area contributed by atoms with Crippen LogP contribution in [0.5, 0.6) is 0 Å². The molecular weight excluding hydrogens is 314 g/mol. The summed E-state index contributed by atoms with van der Waals surface area (Å²) in [5, 5.41) is 23.7. The van der Waals surface area contributed by atoms with Crippen LogP contribution < -0.4 is 10.4 Å². The maximum absolute atomic E-state index is 11.0. The molecule has 7 heteroatoms. The molecule has 0 amide bonds. The van der Waals surface area contributed by atoms with Gasteiger partial charge in [0.05, 0.1) is 23.6 Å². The normalized spacial score (nSPS) is 14.1. The molecule has 0 aliphatic heterocycles. The summed E-state index contributed by atoms with van der Waals surface area (Å²) in [5.41, 5.74) is 0.670. The summed E-state index contributed by atoms with van der Waals surface area (Å²) in [6, 6.07) is 4.13. The molecule has 2 atom stereocenters. The van der Waals surface area contributed by atoms with Crippen molar-refractivity contribution in [2.24, 2.45) is 0 Å². The highest BCUT2D eigenvalue weighted by Gasteiger charge is 2.17. The summed E-state index contributed by atoms with van der Waals surface area (Å²) in [6.45, 7) is 1.37. The summed E-state index contributed by atoms with van der Waals surface area (Å²) in [4.78, 5) is 19.1. The smallest absolute Gasteiger partial charge is 0.137 e. The number of nitrogens with zero attached hydrogens (tertiary/aromatic N) is 2. The lowest BCUT2D eigenvalue weighted by Gasteiger charge is -2.23. The SMILES string of the molecule is CC(O)C(Nc1ncnc2ccc(Br)cc12)C(=O)[O-]. The van der Waals surface area contributed by atoms with Gasteiger partial charge in [-0.25, -0.2) is 9.97 Å². The number of hydrogen-bond acceptors (Lipinski definition) is 6. The lowest BCUT2D eigenvalue weighted by atomic mass is 10.1. The maximum Gasteiger partial charge on any atom is 0.137 e. The van der Waals surface area contributed by atoms with Crippen LogP contribution in [-0.4, -0.2) is 33.2 Å². The number of carboxylic acid groups (broad SMARTS) is 1. The van der Waals surface area contributed by atoms with Gasteiger partial charge in [0.15, 0.2) is 0 Å². The van der Waals surface area contributed by atoms with E-state index in [-0.39, 0.29) is 0 Å². The van der Waals surface area contributed by atoms with Crippen LogP contribution in [0.4, 0.5) is 5.82 Å². The lowest BCUT2D eigenvalue weighted by Crippen LogP contribution is -2.47. The molecule has 0 aliphatic rings. The monoisotopic (exact) mass is 324 g/mol. The van der Waals surface area contributed by atoms with E-state index in [1.54, 1.807) is 12.1 Å². The van der Waals surface area contributed by atoms with Gasteiger partial charge in [-0.1, -0.05) is 15.9 Å². The number of aliphatic hydroxyl groups excluding tert-OH is 1. The summed E-state index contributed by atoms with van der Waals surface area (Å²) in [7, 11) is 0. The predicted octanol–water partition coefficient (Wildman–Crippen LogP) is 0.303. The highest BCUT2D eigenvalue weighted by Crippen LogP contribution is 2.23. The van der Waals surface area contributed by atoms with E-state index in [1.165, 1.54) is 13.3 Å². The molecular formula is C12H11BrN3O3-. The van der Waals surface area contributed by atoms with Crippen LogP contribution in [0.3, 0.4) is 0 Å². The second kappa shape index (κ2) is 5.50. The van der Waals surface area contributed by atoms with Crippen LogP contribution in [0.2, 0.25) is 0 Å². The molecule has 0 spiro atoms. The van der Waals surface area contributed by atoms with Crippen molar-refractivity contribution in [3.8, 4) is 0 Å². The third-order valence-electron chi connectivity index (χ3n) is 2.63. The first-order chi connectivity index (χ1) is 8.99. The van der Waals surface area contributed by atoms with Crippen molar-refractivity contribution in [3.05, 3.63) is 29.0 Å². The highest BCUT2D eigenvalue weighted by atomic mass is 79.9. The fraction of sp³-hybridized carbons (Fsp3) is 0.250. The minimum atomic E-state index is -1.39. The molecule has 0 bridgehead atoms. The van der Waals surface area contributed by atoms with E-state index in [4.69, 9.17) is 0 Å². The summed E-state index contributed by atoms with van der Waals surface area (Å²) < 4.78 is 0.819. The van der Waals surface area contributed by atoms with Crippen molar-refractivity contribution >= 4 is 38.6 Å². The minimum absolute atomic E-state index is 0.335. The van der Waals surface area contributed by atoms with E-state index in [0.717, 1.165) is 4.47 Å². The van der Waals surface area contributed by atoms with E-state index >= 15 is 0 Å². The molecule has 0 aliphatic carbocycles. The van der Waals surface area contributed by atoms with E-state index in [9.17, 15) is 15.0 Å². The van der Waals surface area contributed by atoms with E-state index in [1.807, 2.05) is 6.07 Å². The molecule has 1 aromatic heterocycles. The van der Waals surface area contributed by atoms with E-state index in [2.05, 4.69) is 31.2 Å². The van der Waals surface area contributed by atoms with Crippen molar-refractivity contribution < 1.29 is 15.0 Å². The summed E-state index contributed by atoms with van der Waals surface area (Å²) in [6.07, 6.45) is 0.217. The van der Waals surface area contributed by atoms with Crippen LogP contribution in [0.1, 0.15) is 6.92 Å². The van der Waals surface area contributed by atoms with Crippen molar-refractivity contribution in [2.45, 2.75) is 19.1 Å². The first kappa shape index (κ1) is 13.7. The number of anilines is 1. The minimum Gasteiger partial charge on any atom is -0.548 e. The number of aliphatic carboxylic acids is 1. The molecule has 0 saturated carbocycles. The number of fused-ring (bicyclic) bond motifs is 1. The third-order valence-corrected chi connectivity index (χ3v) is 3.12. The number of benzene rings is 1. The average molecular weight is 325 g/mol. The molecule has 1 heterocycles. The fourth-order valence-electron chi connectivity index (χ4n) is 1.67. The molecule has 2 aromatic rings. The van der Waals surface area contributed by atoms with Gasteiger partial charge in [-0.15, -0.1) is 0 Å². The number of halogens is 1.